The van der Waals surface area contributed by atoms with Gasteiger partial charge >= 0.3 is 0 Å². The van der Waals surface area contributed by atoms with E-state index in [1.165, 1.54) is 24.3 Å². The fourth-order valence-electron chi connectivity index (χ4n) is 2.80. The molecule has 144 valence electrons. The van der Waals surface area contributed by atoms with Gasteiger partial charge in [-0.2, -0.15) is 0 Å². The van der Waals surface area contributed by atoms with Crippen LogP contribution in [0, 0.1) is 0 Å². The number of hydrogen-bond acceptors (Lipinski definition) is 4. The Labute approximate surface area is 168 Å². The summed E-state index contributed by atoms with van der Waals surface area (Å²) in [6, 6.07) is 10.6. The largest absolute Gasteiger partial charge is 0.336 e. The number of piperazine rings is 1. The van der Waals surface area contributed by atoms with E-state index in [1.807, 2.05) is 7.05 Å². The quantitative estimate of drug-likeness (QED) is 0.812. The Balaban J connectivity index is 1.81. The van der Waals surface area contributed by atoms with Crippen LogP contribution in [0.15, 0.2) is 47.4 Å². The first-order valence-corrected chi connectivity index (χ1v) is 10.6. The third kappa shape index (κ3) is 4.73. The van der Waals surface area contributed by atoms with Crippen LogP contribution in [0.5, 0.6) is 0 Å². The van der Waals surface area contributed by atoms with E-state index in [-0.39, 0.29) is 26.5 Å². The molecule has 1 N–H and O–H groups in total. The fourth-order valence-corrected chi connectivity index (χ4v) is 4.61. The third-order valence-electron chi connectivity index (χ3n) is 4.33. The van der Waals surface area contributed by atoms with Gasteiger partial charge in [-0.1, -0.05) is 29.3 Å². The number of carbonyl (C=O) groups excluding carboxylic acids is 1. The second kappa shape index (κ2) is 8.06. The maximum atomic E-state index is 12.7. The zero-order chi connectivity index (χ0) is 19.6. The van der Waals surface area contributed by atoms with E-state index >= 15 is 0 Å². The minimum atomic E-state index is -3.94. The van der Waals surface area contributed by atoms with Gasteiger partial charge in [-0.05, 0) is 43.4 Å². The number of hydrogen-bond donors (Lipinski definition) is 1. The van der Waals surface area contributed by atoms with Crippen LogP contribution in [-0.4, -0.2) is 57.4 Å². The van der Waals surface area contributed by atoms with Crippen molar-refractivity contribution in [1.29, 1.82) is 0 Å². The van der Waals surface area contributed by atoms with Crippen molar-refractivity contribution in [2.24, 2.45) is 0 Å². The molecule has 0 radical (unpaired) electrons. The smallest absolute Gasteiger partial charge is 0.263 e. The first kappa shape index (κ1) is 19.9. The van der Waals surface area contributed by atoms with Crippen molar-refractivity contribution in [2.45, 2.75) is 4.90 Å². The van der Waals surface area contributed by atoms with E-state index in [2.05, 4.69) is 9.62 Å². The van der Waals surface area contributed by atoms with Crippen molar-refractivity contribution >= 4 is 44.8 Å². The number of benzene rings is 2. The molecule has 1 aliphatic rings. The Kier molecular flexibility index (Phi) is 5.95. The van der Waals surface area contributed by atoms with Gasteiger partial charge in [-0.25, -0.2) is 8.42 Å². The van der Waals surface area contributed by atoms with E-state index in [9.17, 15) is 13.2 Å². The summed E-state index contributed by atoms with van der Waals surface area (Å²) in [6.07, 6.45) is 0. The number of sulfonamides is 1. The summed E-state index contributed by atoms with van der Waals surface area (Å²) in [6.45, 7) is 2.91. The lowest BCUT2D eigenvalue weighted by molar-refractivity contribution is 0.0664. The van der Waals surface area contributed by atoms with Crippen molar-refractivity contribution in [3.8, 4) is 0 Å². The molecular formula is C18H19Cl2N3O3S. The Hall–Kier alpha value is -1.80. The molecule has 1 saturated heterocycles. The summed E-state index contributed by atoms with van der Waals surface area (Å²) in [7, 11) is -1.93. The Morgan fingerprint density at radius 3 is 2.44 bits per heavy atom. The van der Waals surface area contributed by atoms with Gasteiger partial charge in [0.1, 0.15) is 4.90 Å². The minimum Gasteiger partial charge on any atom is -0.336 e. The maximum Gasteiger partial charge on any atom is 0.263 e. The molecule has 0 saturated carbocycles. The van der Waals surface area contributed by atoms with E-state index in [0.717, 1.165) is 13.1 Å². The van der Waals surface area contributed by atoms with Gasteiger partial charge in [0.05, 0.1) is 5.02 Å². The minimum absolute atomic E-state index is 0.0663. The average Bonchev–Trinajstić information content (AvgIpc) is 2.63. The van der Waals surface area contributed by atoms with Crippen LogP contribution >= 0.6 is 23.2 Å². The summed E-state index contributed by atoms with van der Waals surface area (Å²) in [4.78, 5) is 16.5. The Morgan fingerprint density at radius 2 is 1.74 bits per heavy atom. The molecule has 0 spiro atoms. The zero-order valence-electron chi connectivity index (χ0n) is 14.7. The Morgan fingerprint density at radius 1 is 1.04 bits per heavy atom. The van der Waals surface area contributed by atoms with Gasteiger partial charge in [0.25, 0.3) is 15.9 Å². The summed E-state index contributed by atoms with van der Waals surface area (Å²) >= 11 is 11.9. The summed E-state index contributed by atoms with van der Waals surface area (Å²) in [5.41, 5.74) is 0.711. The van der Waals surface area contributed by atoms with Crippen LogP contribution in [0.25, 0.3) is 0 Å². The third-order valence-corrected chi connectivity index (χ3v) is 6.43. The van der Waals surface area contributed by atoms with Gasteiger partial charge in [-0.15, -0.1) is 0 Å². The van der Waals surface area contributed by atoms with Crippen LogP contribution < -0.4 is 4.72 Å². The number of rotatable bonds is 4. The fraction of sp³-hybridized carbons (Fsp3) is 0.278. The highest BCUT2D eigenvalue weighted by atomic mass is 35.5. The molecule has 0 aromatic heterocycles. The van der Waals surface area contributed by atoms with E-state index < -0.39 is 10.0 Å². The molecular weight excluding hydrogens is 409 g/mol. The van der Waals surface area contributed by atoms with E-state index in [1.54, 1.807) is 23.1 Å². The van der Waals surface area contributed by atoms with Crippen molar-refractivity contribution in [3.05, 3.63) is 58.1 Å². The first-order valence-electron chi connectivity index (χ1n) is 8.32. The second-order valence-corrected chi connectivity index (χ2v) is 8.85. The van der Waals surface area contributed by atoms with E-state index in [4.69, 9.17) is 23.2 Å². The molecule has 1 amide bonds. The molecule has 2 aromatic rings. The second-order valence-electron chi connectivity index (χ2n) is 6.36. The molecule has 9 heteroatoms. The lowest BCUT2D eigenvalue weighted by atomic mass is 10.1. The summed E-state index contributed by atoms with van der Waals surface area (Å²) < 4.78 is 27.7. The van der Waals surface area contributed by atoms with Crippen LogP contribution in [-0.2, 0) is 10.0 Å². The highest BCUT2D eigenvalue weighted by molar-refractivity contribution is 7.92. The molecule has 3 rings (SSSR count). The molecule has 1 aliphatic heterocycles. The van der Waals surface area contributed by atoms with Gasteiger partial charge in [0.2, 0.25) is 0 Å². The predicted molar refractivity (Wildman–Crippen MR) is 107 cm³/mol. The average molecular weight is 428 g/mol. The van der Waals surface area contributed by atoms with Crippen molar-refractivity contribution in [3.63, 3.8) is 0 Å². The molecule has 0 aliphatic carbocycles. The summed E-state index contributed by atoms with van der Waals surface area (Å²) in [5, 5.41) is 0.329. The number of nitrogens with zero attached hydrogens (tertiary/aromatic N) is 2. The number of anilines is 1. The number of amides is 1. The topological polar surface area (TPSA) is 69.7 Å². The molecule has 0 atom stereocenters. The van der Waals surface area contributed by atoms with E-state index in [0.29, 0.717) is 18.7 Å². The van der Waals surface area contributed by atoms with Crippen LogP contribution in [0.4, 0.5) is 5.69 Å². The van der Waals surface area contributed by atoms with Gasteiger partial charge in [-0.3, -0.25) is 9.52 Å². The highest BCUT2D eigenvalue weighted by Gasteiger charge is 2.22. The van der Waals surface area contributed by atoms with Crippen molar-refractivity contribution < 1.29 is 13.2 Å². The van der Waals surface area contributed by atoms with Gasteiger partial charge < -0.3 is 9.80 Å². The molecule has 1 heterocycles. The number of carbonyl (C=O) groups is 1. The van der Waals surface area contributed by atoms with Gasteiger partial charge in [0, 0.05) is 42.5 Å². The molecule has 1 fully saturated rings. The molecule has 6 nitrogen and oxygen atoms in total. The van der Waals surface area contributed by atoms with Crippen LogP contribution in [0.3, 0.4) is 0 Å². The SMILES string of the molecule is CN1CCN(C(=O)c2cccc(NS(=O)(=O)c3cc(Cl)ccc3Cl)c2)CC1. The lowest BCUT2D eigenvalue weighted by Gasteiger charge is -2.32. The lowest BCUT2D eigenvalue weighted by Crippen LogP contribution is -2.47. The number of likely N-dealkylation sites (N-methyl/N-ethyl adjacent to an activating group) is 1. The summed E-state index contributed by atoms with van der Waals surface area (Å²) in [5.74, 6) is -0.120. The zero-order valence-corrected chi connectivity index (χ0v) is 17.0. The maximum absolute atomic E-state index is 12.7. The molecule has 27 heavy (non-hydrogen) atoms. The molecule has 2 aromatic carbocycles. The first-order chi connectivity index (χ1) is 12.8. The standard InChI is InChI=1S/C18H19Cl2N3O3S/c1-22-7-9-23(10-8-22)18(24)13-3-2-4-15(11-13)21-27(25,26)17-12-14(19)5-6-16(17)20/h2-6,11-12,21H,7-10H2,1H3. The Bertz CT molecular complexity index is 958. The number of nitrogens with one attached hydrogen (secondary N) is 1. The van der Waals surface area contributed by atoms with Crippen molar-refractivity contribution in [2.75, 3.05) is 37.9 Å². The normalized spacial score (nSPS) is 15.6. The monoisotopic (exact) mass is 427 g/mol. The van der Waals surface area contributed by atoms with Crippen molar-refractivity contribution in [1.82, 2.24) is 9.80 Å². The number of halogens is 2. The predicted octanol–water partition coefficient (Wildman–Crippen LogP) is 3.18. The van der Waals surface area contributed by atoms with Crippen LogP contribution in [0.1, 0.15) is 10.4 Å². The highest BCUT2D eigenvalue weighted by Crippen LogP contribution is 2.27. The van der Waals surface area contributed by atoms with Gasteiger partial charge in [0.15, 0.2) is 0 Å². The molecule has 0 unspecified atom stereocenters. The molecule has 0 bridgehead atoms. The van der Waals surface area contributed by atoms with Crippen LogP contribution in [0.2, 0.25) is 10.0 Å².